The van der Waals surface area contributed by atoms with Crippen LogP contribution in [0.1, 0.15) is 110 Å². The van der Waals surface area contributed by atoms with Gasteiger partial charge in [-0.15, -0.1) is 22.7 Å². The SMILES string of the molecule is CCCCCCCCCCCCCc1c(C(=O)O)sc2c(C(C)Br)csc12. The lowest BCUT2D eigenvalue weighted by molar-refractivity contribution is 0.0701. The first-order valence-electron chi connectivity index (χ1n) is 10.5. The number of carboxylic acid groups (broad SMARTS) is 1. The molecule has 0 aliphatic rings. The Kier molecular flexibility index (Phi) is 10.4. The second-order valence-corrected chi connectivity index (χ2v) is 10.7. The van der Waals surface area contributed by atoms with Crippen molar-refractivity contribution in [1.29, 1.82) is 0 Å². The lowest BCUT2D eigenvalue weighted by atomic mass is 10.0. The molecule has 0 aliphatic heterocycles. The molecule has 0 radical (unpaired) electrons. The number of alkyl halides is 1. The summed E-state index contributed by atoms with van der Waals surface area (Å²) in [5, 5.41) is 11.8. The van der Waals surface area contributed by atoms with Gasteiger partial charge in [0.15, 0.2) is 0 Å². The molecule has 2 nitrogen and oxygen atoms in total. The molecule has 2 heterocycles. The summed E-state index contributed by atoms with van der Waals surface area (Å²) in [6, 6.07) is 0. The number of aryl methyl sites for hydroxylation is 1. The van der Waals surface area contributed by atoms with Crippen molar-refractivity contribution >= 4 is 54.0 Å². The van der Waals surface area contributed by atoms with Crippen LogP contribution in [-0.4, -0.2) is 11.1 Å². The predicted molar refractivity (Wildman–Crippen MR) is 124 cm³/mol. The molecule has 1 N–H and O–H groups in total. The van der Waals surface area contributed by atoms with Crippen LogP contribution in [0.5, 0.6) is 0 Å². The summed E-state index contributed by atoms with van der Waals surface area (Å²) in [6.45, 7) is 4.37. The van der Waals surface area contributed by atoms with Gasteiger partial charge in [-0.2, -0.15) is 0 Å². The van der Waals surface area contributed by atoms with Gasteiger partial charge in [0.1, 0.15) is 4.88 Å². The van der Waals surface area contributed by atoms with E-state index in [-0.39, 0.29) is 4.83 Å². The number of carboxylic acids is 1. The summed E-state index contributed by atoms with van der Waals surface area (Å²) in [5.74, 6) is -0.769. The Bertz CT molecular complexity index is 703. The highest BCUT2D eigenvalue weighted by atomic mass is 79.9. The van der Waals surface area contributed by atoms with Crippen molar-refractivity contribution in [2.45, 2.75) is 95.7 Å². The normalized spacial score (nSPS) is 12.7. The van der Waals surface area contributed by atoms with E-state index in [1.54, 1.807) is 11.3 Å². The summed E-state index contributed by atoms with van der Waals surface area (Å²) in [7, 11) is 0. The molecular weight excluding hydrogens is 440 g/mol. The molecule has 0 spiro atoms. The maximum Gasteiger partial charge on any atom is 0.346 e. The van der Waals surface area contributed by atoms with Crippen molar-refractivity contribution in [3.63, 3.8) is 0 Å². The van der Waals surface area contributed by atoms with E-state index >= 15 is 0 Å². The van der Waals surface area contributed by atoms with Crippen LogP contribution >= 0.6 is 38.6 Å². The number of halogens is 1. The van der Waals surface area contributed by atoms with Gasteiger partial charge in [-0.25, -0.2) is 4.79 Å². The first-order valence-corrected chi connectivity index (χ1v) is 13.1. The minimum atomic E-state index is -0.769. The Labute approximate surface area is 180 Å². The van der Waals surface area contributed by atoms with E-state index < -0.39 is 5.97 Å². The number of rotatable bonds is 14. The van der Waals surface area contributed by atoms with Gasteiger partial charge in [0, 0.05) is 9.53 Å². The maximum atomic E-state index is 11.7. The molecule has 0 saturated heterocycles. The molecule has 2 aromatic rings. The van der Waals surface area contributed by atoms with Crippen LogP contribution in [-0.2, 0) is 6.42 Å². The van der Waals surface area contributed by atoms with Crippen molar-refractivity contribution in [2.24, 2.45) is 0 Å². The van der Waals surface area contributed by atoms with Crippen molar-refractivity contribution in [1.82, 2.24) is 0 Å². The molecule has 0 saturated carbocycles. The molecule has 5 heteroatoms. The Balaban J connectivity index is 1.75. The van der Waals surface area contributed by atoms with E-state index in [1.807, 2.05) is 0 Å². The van der Waals surface area contributed by atoms with Gasteiger partial charge >= 0.3 is 5.97 Å². The van der Waals surface area contributed by atoms with E-state index in [4.69, 9.17) is 0 Å². The maximum absolute atomic E-state index is 11.7. The summed E-state index contributed by atoms with van der Waals surface area (Å²) in [4.78, 5) is 12.5. The molecule has 0 amide bonds. The standard InChI is InChI=1S/C22H33BrO2S2/c1-3-4-5-6-7-8-9-10-11-12-13-14-17-19-20(27-21(17)22(24)25)18(15-26-19)16(2)23/h15-16H,3-14H2,1-2H3,(H,24,25). The number of hydrogen-bond acceptors (Lipinski definition) is 3. The van der Waals surface area contributed by atoms with E-state index in [0.717, 1.165) is 18.4 Å². The zero-order valence-corrected chi connectivity index (χ0v) is 19.9. The molecule has 0 bridgehead atoms. The van der Waals surface area contributed by atoms with Crippen LogP contribution in [0.3, 0.4) is 0 Å². The largest absolute Gasteiger partial charge is 0.477 e. The van der Waals surface area contributed by atoms with Gasteiger partial charge in [0.2, 0.25) is 0 Å². The molecule has 152 valence electrons. The second-order valence-electron chi connectivity index (χ2n) is 7.47. The van der Waals surface area contributed by atoms with Crippen molar-refractivity contribution in [2.75, 3.05) is 0 Å². The molecular formula is C22H33BrO2S2. The zero-order chi connectivity index (χ0) is 19.6. The minimum absolute atomic E-state index is 0.265. The third-order valence-electron chi connectivity index (χ3n) is 5.18. The fourth-order valence-electron chi connectivity index (χ4n) is 3.58. The first-order chi connectivity index (χ1) is 13.1. The lowest BCUT2D eigenvalue weighted by Gasteiger charge is -2.03. The van der Waals surface area contributed by atoms with Gasteiger partial charge < -0.3 is 5.11 Å². The molecule has 27 heavy (non-hydrogen) atoms. The highest BCUT2D eigenvalue weighted by molar-refractivity contribution is 9.09. The number of aromatic carboxylic acids is 1. The van der Waals surface area contributed by atoms with Crippen LogP contribution in [0.2, 0.25) is 0 Å². The third kappa shape index (κ3) is 6.86. The van der Waals surface area contributed by atoms with E-state index in [9.17, 15) is 9.90 Å². The highest BCUT2D eigenvalue weighted by Gasteiger charge is 2.21. The average molecular weight is 474 g/mol. The van der Waals surface area contributed by atoms with Gasteiger partial charge in [-0.05, 0) is 36.3 Å². The van der Waals surface area contributed by atoms with E-state index in [1.165, 1.54) is 90.5 Å². The third-order valence-corrected chi connectivity index (χ3v) is 8.13. The van der Waals surface area contributed by atoms with Crippen LogP contribution in [0, 0.1) is 0 Å². The molecule has 1 unspecified atom stereocenters. The van der Waals surface area contributed by atoms with Crippen LogP contribution in [0.15, 0.2) is 5.38 Å². The Morgan fingerprint density at radius 3 is 2.07 bits per heavy atom. The van der Waals surface area contributed by atoms with Gasteiger partial charge in [-0.1, -0.05) is 87.1 Å². The summed E-state index contributed by atoms with van der Waals surface area (Å²) in [5.41, 5.74) is 2.30. The van der Waals surface area contributed by atoms with Gasteiger partial charge in [0.05, 0.1) is 4.70 Å². The Hall–Kier alpha value is -0.390. The summed E-state index contributed by atoms with van der Waals surface area (Å²) < 4.78 is 2.37. The number of fused-ring (bicyclic) bond motifs is 1. The number of unbranched alkanes of at least 4 members (excludes halogenated alkanes) is 10. The minimum Gasteiger partial charge on any atom is -0.477 e. The monoisotopic (exact) mass is 472 g/mol. The summed E-state index contributed by atoms with van der Waals surface area (Å²) >= 11 is 6.80. The Morgan fingerprint density at radius 2 is 1.56 bits per heavy atom. The van der Waals surface area contributed by atoms with Crippen LogP contribution in [0.25, 0.3) is 9.40 Å². The molecule has 0 aliphatic carbocycles. The fraction of sp³-hybridized carbons (Fsp3) is 0.682. The van der Waals surface area contributed by atoms with E-state index in [2.05, 4.69) is 35.2 Å². The zero-order valence-electron chi connectivity index (χ0n) is 16.7. The molecule has 2 aromatic heterocycles. The van der Waals surface area contributed by atoms with Crippen LogP contribution in [0.4, 0.5) is 0 Å². The van der Waals surface area contributed by atoms with Crippen LogP contribution < -0.4 is 0 Å². The van der Waals surface area contributed by atoms with Gasteiger partial charge in [-0.3, -0.25) is 0 Å². The topological polar surface area (TPSA) is 37.3 Å². The first kappa shape index (κ1) is 22.9. The quantitative estimate of drug-likeness (QED) is 0.220. The fourth-order valence-corrected chi connectivity index (χ4v) is 7.00. The highest BCUT2D eigenvalue weighted by Crippen LogP contribution is 2.43. The number of thiophene rings is 2. The van der Waals surface area contributed by atoms with Crippen molar-refractivity contribution in [3.05, 3.63) is 21.4 Å². The summed E-state index contributed by atoms with van der Waals surface area (Å²) in [6.07, 6.45) is 15.4. The Morgan fingerprint density at radius 1 is 1.00 bits per heavy atom. The van der Waals surface area contributed by atoms with Gasteiger partial charge in [0.25, 0.3) is 0 Å². The lowest BCUT2D eigenvalue weighted by Crippen LogP contribution is -1.98. The number of carbonyl (C=O) groups is 1. The molecule has 0 fully saturated rings. The second kappa shape index (κ2) is 12.2. The average Bonchev–Trinajstić information content (AvgIpc) is 3.19. The smallest absolute Gasteiger partial charge is 0.346 e. The van der Waals surface area contributed by atoms with Crippen molar-refractivity contribution < 1.29 is 9.90 Å². The van der Waals surface area contributed by atoms with E-state index in [0.29, 0.717) is 4.88 Å². The predicted octanol–water partition coefficient (Wildman–Crippen LogP) is 8.97. The molecule has 0 aromatic carbocycles. The molecule has 1 atom stereocenters. The number of hydrogen-bond donors (Lipinski definition) is 1. The van der Waals surface area contributed by atoms with Crippen molar-refractivity contribution in [3.8, 4) is 0 Å². The molecule has 2 rings (SSSR count).